The maximum atomic E-state index is 12.7. The Balaban J connectivity index is 0.00000289. The summed E-state index contributed by atoms with van der Waals surface area (Å²) < 4.78 is 6.11. The summed E-state index contributed by atoms with van der Waals surface area (Å²) >= 11 is 12.3. The van der Waals surface area contributed by atoms with Crippen LogP contribution in [-0.4, -0.2) is 20.4 Å². The lowest BCUT2D eigenvalue weighted by molar-refractivity contribution is 0.302. The Bertz CT molecular complexity index is 1300. The van der Waals surface area contributed by atoms with Crippen LogP contribution in [0.15, 0.2) is 52.1 Å². The number of halogens is 3. The second-order valence-electron chi connectivity index (χ2n) is 7.23. The molecule has 4 rings (SSSR count). The summed E-state index contributed by atoms with van der Waals surface area (Å²) in [5.41, 5.74) is 3.06. The minimum atomic E-state index is -0.637. The summed E-state index contributed by atoms with van der Waals surface area (Å²) in [6.45, 7) is 3.77. The third kappa shape index (κ3) is 4.50. The van der Waals surface area contributed by atoms with Gasteiger partial charge in [0.25, 0.3) is 11.1 Å². The fraction of sp³-hybridized carbons (Fsp3) is 0.182. The van der Waals surface area contributed by atoms with Gasteiger partial charge in [-0.2, -0.15) is 0 Å². The Kier molecular flexibility index (Phi) is 7.23. The molecule has 0 radical (unpaired) electrons. The number of aryl methyl sites for hydroxylation is 2. The molecule has 32 heavy (non-hydrogen) atoms. The standard InChI is InChI=1S/C22H20Cl2N4O3.ClH/c1-11-18(21(29)27-25-11)20(19-12(2)26-28-22(19)30)15-5-3-4-6-17(15)31-10-13-7-8-14(23)9-16(13)24;/h3-9,20H,10H2,1-2H3,(H2,25,27,29)(H2,26,28,30);1H. The number of aromatic nitrogens is 4. The van der Waals surface area contributed by atoms with Crippen LogP contribution in [0, 0.1) is 13.8 Å². The van der Waals surface area contributed by atoms with Gasteiger partial charge in [-0.05, 0) is 32.0 Å². The molecular formula is C22H21Cl3N4O3. The molecule has 2 aromatic carbocycles. The van der Waals surface area contributed by atoms with E-state index in [1.54, 1.807) is 38.1 Å². The molecule has 168 valence electrons. The molecule has 0 bridgehead atoms. The van der Waals surface area contributed by atoms with Gasteiger partial charge in [-0.15, -0.1) is 12.4 Å². The zero-order valence-electron chi connectivity index (χ0n) is 17.2. The van der Waals surface area contributed by atoms with Crippen molar-refractivity contribution in [2.75, 3.05) is 0 Å². The average molecular weight is 496 g/mol. The molecule has 0 aliphatic carbocycles. The number of hydrogen-bond donors (Lipinski definition) is 4. The van der Waals surface area contributed by atoms with E-state index < -0.39 is 5.92 Å². The lowest BCUT2D eigenvalue weighted by atomic mass is 9.85. The molecule has 10 heteroatoms. The third-order valence-electron chi connectivity index (χ3n) is 5.23. The quantitative estimate of drug-likeness (QED) is 0.308. The minimum Gasteiger partial charge on any atom is -0.489 e. The number of para-hydroxylation sites is 1. The lowest BCUT2D eigenvalue weighted by Gasteiger charge is -2.20. The number of H-pyrrole nitrogens is 4. The van der Waals surface area contributed by atoms with E-state index in [2.05, 4.69) is 20.4 Å². The predicted octanol–water partition coefficient (Wildman–Crippen LogP) is 4.82. The van der Waals surface area contributed by atoms with Gasteiger partial charge >= 0.3 is 0 Å². The molecule has 4 aromatic rings. The summed E-state index contributed by atoms with van der Waals surface area (Å²) in [5.74, 6) is -0.0968. The van der Waals surface area contributed by atoms with Crippen molar-refractivity contribution in [3.8, 4) is 5.75 Å². The monoisotopic (exact) mass is 494 g/mol. The molecule has 0 atom stereocenters. The van der Waals surface area contributed by atoms with E-state index in [-0.39, 0.29) is 30.1 Å². The van der Waals surface area contributed by atoms with Crippen LogP contribution in [0.3, 0.4) is 0 Å². The first-order valence-corrected chi connectivity index (χ1v) is 10.3. The minimum absolute atomic E-state index is 0. The highest BCUT2D eigenvalue weighted by Crippen LogP contribution is 2.37. The maximum absolute atomic E-state index is 12.7. The Labute approximate surface area is 199 Å². The average Bonchev–Trinajstić information content (AvgIpc) is 3.25. The van der Waals surface area contributed by atoms with Crippen molar-refractivity contribution in [1.29, 1.82) is 0 Å². The summed E-state index contributed by atoms with van der Waals surface area (Å²) in [6, 6.07) is 12.5. The van der Waals surface area contributed by atoms with Crippen LogP contribution in [0.5, 0.6) is 5.75 Å². The fourth-order valence-electron chi connectivity index (χ4n) is 3.71. The number of nitrogens with one attached hydrogen (secondary N) is 4. The normalized spacial score (nSPS) is 10.9. The highest BCUT2D eigenvalue weighted by molar-refractivity contribution is 6.35. The van der Waals surface area contributed by atoms with Gasteiger partial charge in [-0.25, -0.2) is 0 Å². The molecule has 2 aromatic heterocycles. The molecule has 0 saturated carbocycles. The van der Waals surface area contributed by atoms with E-state index in [9.17, 15) is 9.59 Å². The first kappa shape index (κ1) is 23.8. The van der Waals surface area contributed by atoms with Crippen molar-refractivity contribution in [2.24, 2.45) is 0 Å². The summed E-state index contributed by atoms with van der Waals surface area (Å²) in [7, 11) is 0. The van der Waals surface area contributed by atoms with Crippen LogP contribution in [0.25, 0.3) is 0 Å². The molecule has 0 saturated heterocycles. The Morgan fingerprint density at radius 1 is 0.875 bits per heavy atom. The fourth-order valence-corrected chi connectivity index (χ4v) is 4.17. The first-order chi connectivity index (χ1) is 14.9. The number of hydrogen-bond acceptors (Lipinski definition) is 3. The maximum Gasteiger partial charge on any atom is 0.268 e. The first-order valence-electron chi connectivity index (χ1n) is 9.56. The molecule has 0 unspecified atom stereocenters. The van der Waals surface area contributed by atoms with Crippen LogP contribution in [0.2, 0.25) is 10.0 Å². The Morgan fingerprint density at radius 2 is 1.47 bits per heavy atom. The van der Waals surface area contributed by atoms with Crippen LogP contribution in [0.1, 0.15) is 39.6 Å². The topological polar surface area (TPSA) is 107 Å². The van der Waals surface area contributed by atoms with Gasteiger partial charge in [-0.3, -0.25) is 19.8 Å². The summed E-state index contributed by atoms with van der Waals surface area (Å²) in [5, 5.41) is 11.9. The molecule has 0 aliphatic heterocycles. The van der Waals surface area contributed by atoms with E-state index in [1.807, 2.05) is 18.2 Å². The molecule has 7 nitrogen and oxygen atoms in total. The highest BCUT2D eigenvalue weighted by Gasteiger charge is 2.30. The van der Waals surface area contributed by atoms with E-state index in [4.69, 9.17) is 27.9 Å². The van der Waals surface area contributed by atoms with E-state index in [0.717, 1.165) is 5.56 Å². The van der Waals surface area contributed by atoms with Crippen molar-refractivity contribution < 1.29 is 4.74 Å². The van der Waals surface area contributed by atoms with Gasteiger partial charge in [0.1, 0.15) is 12.4 Å². The SMILES string of the molecule is Cc1[nH][nH]c(=O)c1C(c1ccccc1OCc1ccc(Cl)cc1Cl)c1c(C)[nH][nH]c1=O.Cl. The van der Waals surface area contributed by atoms with E-state index >= 15 is 0 Å². The highest BCUT2D eigenvalue weighted by atomic mass is 35.5. The van der Waals surface area contributed by atoms with Crippen LogP contribution >= 0.6 is 35.6 Å². The van der Waals surface area contributed by atoms with Crippen LogP contribution in [0.4, 0.5) is 0 Å². The van der Waals surface area contributed by atoms with Crippen LogP contribution in [-0.2, 0) is 6.61 Å². The molecule has 4 N–H and O–H groups in total. The third-order valence-corrected chi connectivity index (χ3v) is 5.82. The molecule has 2 heterocycles. The van der Waals surface area contributed by atoms with E-state index in [0.29, 0.717) is 43.9 Å². The summed E-state index contributed by atoms with van der Waals surface area (Å²) in [4.78, 5) is 25.3. The van der Waals surface area contributed by atoms with Crippen molar-refractivity contribution in [3.63, 3.8) is 0 Å². The van der Waals surface area contributed by atoms with Crippen LogP contribution < -0.4 is 15.9 Å². The smallest absolute Gasteiger partial charge is 0.268 e. The summed E-state index contributed by atoms with van der Waals surface area (Å²) in [6.07, 6.45) is 0. The molecule has 0 amide bonds. The van der Waals surface area contributed by atoms with Gasteiger partial charge < -0.3 is 14.9 Å². The lowest BCUT2D eigenvalue weighted by Crippen LogP contribution is -2.21. The van der Waals surface area contributed by atoms with Gasteiger partial charge in [0.05, 0.1) is 17.0 Å². The number of benzene rings is 2. The zero-order chi connectivity index (χ0) is 22.1. The zero-order valence-corrected chi connectivity index (χ0v) is 19.5. The second kappa shape index (κ2) is 9.73. The Hall–Kier alpha value is -2.87. The largest absolute Gasteiger partial charge is 0.489 e. The second-order valence-corrected chi connectivity index (χ2v) is 8.07. The van der Waals surface area contributed by atoms with Crippen molar-refractivity contribution >= 4 is 35.6 Å². The van der Waals surface area contributed by atoms with Gasteiger partial charge in [0.15, 0.2) is 0 Å². The predicted molar refractivity (Wildman–Crippen MR) is 128 cm³/mol. The molecule has 0 fully saturated rings. The number of rotatable bonds is 6. The van der Waals surface area contributed by atoms with Gasteiger partial charge in [0, 0.05) is 32.6 Å². The van der Waals surface area contributed by atoms with Crippen molar-refractivity contribution in [3.05, 3.63) is 107 Å². The molecule has 0 aliphatic rings. The van der Waals surface area contributed by atoms with Gasteiger partial charge in [0.2, 0.25) is 0 Å². The number of ether oxygens (including phenoxy) is 1. The number of aromatic amines is 4. The van der Waals surface area contributed by atoms with Gasteiger partial charge in [-0.1, -0.05) is 47.5 Å². The van der Waals surface area contributed by atoms with Crippen molar-refractivity contribution in [1.82, 2.24) is 20.4 Å². The van der Waals surface area contributed by atoms with E-state index in [1.165, 1.54) is 0 Å². The van der Waals surface area contributed by atoms with Crippen molar-refractivity contribution in [2.45, 2.75) is 26.4 Å². The molecular weight excluding hydrogens is 475 g/mol. The molecule has 0 spiro atoms. The Morgan fingerprint density at radius 3 is 2.00 bits per heavy atom.